The van der Waals surface area contributed by atoms with Crippen LogP contribution in [-0.4, -0.2) is 86.5 Å². The predicted octanol–water partition coefficient (Wildman–Crippen LogP) is 1.79. The molecule has 6 heteroatoms. The van der Waals surface area contributed by atoms with Crippen LogP contribution < -0.4 is 5.32 Å². The smallest absolute Gasteiger partial charge is 0.193 e. The second-order valence-corrected chi connectivity index (χ2v) is 7.86. The Balaban J connectivity index is 1.93. The van der Waals surface area contributed by atoms with Crippen LogP contribution in [0.15, 0.2) is 4.99 Å². The number of morpholine rings is 1. The average molecular weight is 369 g/mol. The summed E-state index contributed by atoms with van der Waals surface area (Å²) in [6, 6.07) is 0. The lowest BCUT2D eigenvalue weighted by Crippen LogP contribution is -2.43. The molecule has 0 bridgehead atoms. The molecule has 2 N–H and O–H groups in total. The monoisotopic (exact) mass is 368 g/mol. The van der Waals surface area contributed by atoms with E-state index in [1.165, 1.54) is 13.0 Å². The fourth-order valence-corrected chi connectivity index (χ4v) is 4.13. The molecule has 2 fully saturated rings. The number of hydrogen-bond acceptors (Lipinski definition) is 4. The molecule has 0 spiro atoms. The fraction of sp³-hybridized carbons (Fsp3) is 0.950. The highest BCUT2D eigenvalue weighted by Crippen LogP contribution is 2.31. The third-order valence-electron chi connectivity index (χ3n) is 6.25. The van der Waals surface area contributed by atoms with Gasteiger partial charge in [0.05, 0.1) is 13.2 Å². The molecule has 0 aromatic carbocycles. The molecule has 0 aromatic heterocycles. The minimum Gasteiger partial charge on any atom is -0.396 e. The summed E-state index contributed by atoms with van der Waals surface area (Å²) < 4.78 is 5.46. The first-order valence-corrected chi connectivity index (χ1v) is 10.6. The number of aliphatic hydroxyl groups excluding tert-OH is 1. The predicted molar refractivity (Wildman–Crippen MR) is 108 cm³/mol. The lowest BCUT2D eigenvalue weighted by atomic mass is 9.79. The maximum absolute atomic E-state index is 9.45. The van der Waals surface area contributed by atoms with Gasteiger partial charge in [0, 0.05) is 52.4 Å². The van der Waals surface area contributed by atoms with Crippen molar-refractivity contribution in [3.05, 3.63) is 0 Å². The molecular weight excluding hydrogens is 328 g/mol. The van der Waals surface area contributed by atoms with E-state index < -0.39 is 0 Å². The molecule has 1 unspecified atom stereocenters. The standard InChI is InChI=1S/C20H40N4O2/c1-4-20(5-2,8-12-25)17-22-19(21-6-3)24-9-7-18(16-24)15-23-10-13-26-14-11-23/h18,25H,4-17H2,1-3H3,(H,21,22). The Bertz CT molecular complexity index is 420. The van der Waals surface area contributed by atoms with Gasteiger partial charge in [-0.05, 0) is 43.9 Å². The van der Waals surface area contributed by atoms with Gasteiger partial charge in [0.25, 0.3) is 0 Å². The summed E-state index contributed by atoms with van der Waals surface area (Å²) >= 11 is 0. The maximum atomic E-state index is 9.45. The summed E-state index contributed by atoms with van der Waals surface area (Å²) in [6.45, 7) is 15.8. The Morgan fingerprint density at radius 3 is 2.54 bits per heavy atom. The number of aliphatic hydroxyl groups is 1. The zero-order valence-corrected chi connectivity index (χ0v) is 17.2. The van der Waals surface area contributed by atoms with Gasteiger partial charge >= 0.3 is 0 Å². The Labute approximate surface area is 160 Å². The Morgan fingerprint density at radius 1 is 1.19 bits per heavy atom. The molecule has 0 aromatic rings. The SMILES string of the molecule is CCNC(=NCC(CC)(CC)CCO)N1CCC(CN2CCOCC2)C1. The molecule has 0 aliphatic carbocycles. The van der Waals surface area contributed by atoms with Crippen LogP contribution >= 0.6 is 0 Å². The maximum Gasteiger partial charge on any atom is 0.193 e. The minimum atomic E-state index is 0.127. The Hall–Kier alpha value is -0.850. The topological polar surface area (TPSA) is 60.3 Å². The molecule has 2 saturated heterocycles. The van der Waals surface area contributed by atoms with E-state index in [9.17, 15) is 5.11 Å². The van der Waals surface area contributed by atoms with Gasteiger partial charge in [-0.3, -0.25) is 9.89 Å². The Kier molecular flexibility index (Phi) is 9.16. The minimum absolute atomic E-state index is 0.127. The summed E-state index contributed by atoms with van der Waals surface area (Å²) in [5.74, 6) is 1.78. The van der Waals surface area contributed by atoms with Gasteiger partial charge in [-0.1, -0.05) is 13.8 Å². The molecule has 26 heavy (non-hydrogen) atoms. The van der Waals surface area contributed by atoms with Crippen LogP contribution in [-0.2, 0) is 4.74 Å². The van der Waals surface area contributed by atoms with Crippen molar-refractivity contribution in [3.63, 3.8) is 0 Å². The zero-order chi connectivity index (χ0) is 18.8. The number of likely N-dealkylation sites (tertiary alicyclic amines) is 1. The third-order valence-corrected chi connectivity index (χ3v) is 6.25. The molecular formula is C20H40N4O2. The molecule has 2 aliphatic heterocycles. The quantitative estimate of drug-likeness (QED) is 0.480. The van der Waals surface area contributed by atoms with E-state index in [2.05, 4.69) is 35.9 Å². The van der Waals surface area contributed by atoms with Gasteiger partial charge < -0.3 is 20.1 Å². The van der Waals surface area contributed by atoms with E-state index in [0.29, 0.717) is 0 Å². The number of ether oxygens (including phenoxy) is 1. The van der Waals surface area contributed by atoms with Gasteiger partial charge in [0.1, 0.15) is 0 Å². The van der Waals surface area contributed by atoms with E-state index >= 15 is 0 Å². The molecule has 2 heterocycles. The van der Waals surface area contributed by atoms with Gasteiger partial charge in [-0.15, -0.1) is 0 Å². The van der Waals surface area contributed by atoms with Gasteiger partial charge in [0.2, 0.25) is 0 Å². The first-order chi connectivity index (χ1) is 12.7. The fourth-order valence-electron chi connectivity index (χ4n) is 4.13. The molecule has 152 valence electrons. The molecule has 0 amide bonds. The average Bonchev–Trinajstić information content (AvgIpc) is 3.13. The lowest BCUT2D eigenvalue weighted by Gasteiger charge is -2.31. The summed E-state index contributed by atoms with van der Waals surface area (Å²) in [5.41, 5.74) is 0.127. The Morgan fingerprint density at radius 2 is 1.92 bits per heavy atom. The van der Waals surface area contributed by atoms with Crippen molar-refractivity contribution in [1.29, 1.82) is 0 Å². The van der Waals surface area contributed by atoms with Crippen LogP contribution in [0, 0.1) is 11.3 Å². The van der Waals surface area contributed by atoms with E-state index in [1.54, 1.807) is 0 Å². The highest BCUT2D eigenvalue weighted by atomic mass is 16.5. The van der Waals surface area contributed by atoms with Crippen molar-refractivity contribution >= 4 is 5.96 Å². The molecule has 0 radical (unpaired) electrons. The highest BCUT2D eigenvalue weighted by molar-refractivity contribution is 5.80. The van der Waals surface area contributed by atoms with Crippen molar-refractivity contribution < 1.29 is 9.84 Å². The third kappa shape index (κ3) is 6.10. The van der Waals surface area contributed by atoms with Crippen LogP contribution in [0.2, 0.25) is 0 Å². The van der Waals surface area contributed by atoms with Crippen LogP contribution in [0.4, 0.5) is 0 Å². The number of aliphatic imine (C=N–C) groups is 1. The summed E-state index contributed by atoms with van der Waals surface area (Å²) in [5, 5.41) is 12.9. The number of nitrogens with one attached hydrogen (secondary N) is 1. The van der Waals surface area contributed by atoms with Crippen LogP contribution in [0.5, 0.6) is 0 Å². The molecule has 2 rings (SSSR count). The number of hydrogen-bond donors (Lipinski definition) is 2. The highest BCUT2D eigenvalue weighted by Gasteiger charge is 2.29. The van der Waals surface area contributed by atoms with Crippen LogP contribution in [0.25, 0.3) is 0 Å². The van der Waals surface area contributed by atoms with Crippen molar-refractivity contribution in [1.82, 2.24) is 15.1 Å². The number of guanidine groups is 1. The van der Waals surface area contributed by atoms with Gasteiger partial charge in [-0.25, -0.2) is 0 Å². The van der Waals surface area contributed by atoms with E-state index in [0.717, 1.165) is 83.6 Å². The van der Waals surface area contributed by atoms with Gasteiger partial charge in [-0.2, -0.15) is 0 Å². The van der Waals surface area contributed by atoms with Crippen molar-refractivity contribution in [2.45, 2.75) is 46.5 Å². The van der Waals surface area contributed by atoms with Crippen molar-refractivity contribution in [3.8, 4) is 0 Å². The molecule has 0 saturated carbocycles. The summed E-state index contributed by atoms with van der Waals surface area (Å²) in [4.78, 5) is 9.97. The first kappa shape index (κ1) is 21.5. The van der Waals surface area contributed by atoms with Crippen molar-refractivity contribution in [2.24, 2.45) is 16.3 Å². The van der Waals surface area contributed by atoms with Crippen LogP contribution in [0.3, 0.4) is 0 Å². The second kappa shape index (κ2) is 11.1. The van der Waals surface area contributed by atoms with Crippen LogP contribution in [0.1, 0.15) is 46.5 Å². The van der Waals surface area contributed by atoms with Crippen molar-refractivity contribution in [2.75, 3.05) is 65.6 Å². The summed E-state index contributed by atoms with van der Waals surface area (Å²) in [6.07, 6.45) is 4.20. The van der Waals surface area contributed by atoms with Gasteiger partial charge in [0.15, 0.2) is 5.96 Å². The number of rotatable bonds is 9. The number of nitrogens with zero attached hydrogens (tertiary/aromatic N) is 3. The molecule has 2 aliphatic rings. The largest absolute Gasteiger partial charge is 0.396 e. The van der Waals surface area contributed by atoms with E-state index in [4.69, 9.17) is 9.73 Å². The lowest BCUT2D eigenvalue weighted by molar-refractivity contribution is 0.0315. The normalized spacial score (nSPS) is 22.8. The second-order valence-electron chi connectivity index (χ2n) is 7.86. The molecule has 1 atom stereocenters. The van der Waals surface area contributed by atoms with E-state index in [-0.39, 0.29) is 12.0 Å². The first-order valence-electron chi connectivity index (χ1n) is 10.6. The zero-order valence-electron chi connectivity index (χ0n) is 17.2. The molecule has 6 nitrogen and oxygen atoms in total. The summed E-state index contributed by atoms with van der Waals surface area (Å²) in [7, 11) is 0. The van der Waals surface area contributed by atoms with E-state index in [1.807, 2.05) is 0 Å².